The number of ether oxygens (including phenoxy) is 2. The molecule has 5 nitrogen and oxygen atoms in total. The number of carbonyl (C=O) groups excluding carboxylic acids is 1. The Bertz CT molecular complexity index is 632. The quantitative estimate of drug-likeness (QED) is 0.730. The van der Waals surface area contributed by atoms with E-state index in [0.29, 0.717) is 11.7 Å². The lowest BCUT2D eigenvalue weighted by Crippen LogP contribution is -2.36. The Morgan fingerprint density at radius 2 is 1.92 bits per heavy atom. The molecule has 0 amide bonds. The minimum absolute atomic E-state index is 0.0545. The number of hydrogen-bond acceptors (Lipinski definition) is 5. The first-order valence-electron chi connectivity index (χ1n) is 9.62. The van der Waals surface area contributed by atoms with Gasteiger partial charge in [-0.05, 0) is 36.0 Å². The number of likely N-dealkylation sites (tertiary alicyclic amines) is 1. The lowest BCUT2D eigenvalue weighted by Gasteiger charge is -2.27. The first-order chi connectivity index (χ1) is 12.7. The summed E-state index contributed by atoms with van der Waals surface area (Å²) in [7, 11) is 1.48. The maximum absolute atomic E-state index is 12.3. The van der Waals surface area contributed by atoms with Gasteiger partial charge in [-0.3, -0.25) is 9.69 Å². The van der Waals surface area contributed by atoms with Crippen molar-refractivity contribution in [2.45, 2.75) is 51.1 Å². The molecule has 3 rings (SSSR count). The van der Waals surface area contributed by atoms with Crippen LogP contribution in [0.3, 0.4) is 0 Å². The number of benzene rings is 1. The molecule has 1 saturated heterocycles. The molecule has 26 heavy (non-hydrogen) atoms. The van der Waals surface area contributed by atoms with Gasteiger partial charge >= 0.3 is 5.97 Å². The van der Waals surface area contributed by atoms with Crippen LogP contribution in [0.4, 0.5) is 0 Å². The third kappa shape index (κ3) is 4.56. The lowest BCUT2D eigenvalue weighted by molar-refractivity contribution is -0.146. The predicted octanol–water partition coefficient (Wildman–Crippen LogP) is 3.53. The van der Waals surface area contributed by atoms with E-state index in [2.05, 4.69) is 4.90 Å². The van der Waals surface area contributed by atoms with E-state index in [1.807, 2.05) is 30.3 Å². The first-order valence-corrected chi connectivity index (χ1v) is 9.62. The molecule has 2 aliphatic rings. The summed E-state index contributed by atoms with van der Waals surface area (Å²) in [5.41, 5.74) is 1.15. The molecule has 0 radical (unpaired) electrons. The third-order valence-corrected chi connectivity index (χ3v) is 5.84. The second-order valence-corrected chi connectivity index (χ2v) is 7.45. The summed E-state index contributed by atoms with van der Waals surface area (Å²) in [4.78, 5) is 14.6. The molecule has 1 aromatic rings. The van der Waals surface area contributed by atoms with Gasteiger partial charge in [-0.1, -0.05) is 44.2 Å². The smallest absolute Gasteiger partial charge is 0.323 e. The molecule has 0 aromatic heterocycles. The standard InChI is InChI=1S/C21H28N2O3/c1-25-21(24)20-13-18(17-5-3-2-4-6-17)15-23(20)14-16-7-9-19(10-8-16)26-12-11-22/h7-10,17-18,20H,2-6,12-15H2,1H3/t18-,20+/m0/s1. The minimum atomic E-state index is -0.138. The van der Waals surface area contributed by atoms with Crippen molar-refractivity contribution < 1.29 is 14.3 Å². The summed E-state index contributed by atoms with van der Waals surface area (Å²) in [6, 6.07) is 9.62. The molecule has 2 fully saturated rings. The fourth-order valence-electron chi connectivity index (χ4n) is 4.48. The molecule has 0 spiro atoms. The van der Waals surface area contributed by atoms with Crippen LogP contribution in [0.25, 0.3) is 0 Å². The van der Waals surface area contributed by atoms with Crippen LogP contribution in [0.1, 0.15) is 44.1 Å². The van der Waals surface area contributed by atoms with Crippen molar-refractivity contribution in [2.75, 3.05) is 20.3 Å². The van der Waals surface area contributed by atoms with E-state index in [-0.39, 0.29) is 18.6 Å². The van der Waals surface area contributed by atoms with Crippen LogP contribution in [-0.2, 0) is 16.1 Å². The molecule has 5 heteroatoms. The zero-order valence-electron chi connectivity index (χ0n) is 15.5. The zero-order valence-corrected chi connectivity index (χ0v) is 15.5. The van der Waals surface area contributed by atoms with Gasteiger partial charge in [0, 0.05) is 13.1 Å². The summed E-state index contributed by atoms with van der Waals surface area (Å²) in [5, 5.41) is 8.58. The van der Waals surface area contributed by atoms with E-state index < -0.39 is 0 Å². The molecule has 1 aromatic carbocycles. The summed E-state index contributed by atoms with van der Waals surface area (Å²) >= 11 is 0. The van der Waals surface area contributed by atoms with E-state index in [9.17, 15) is 4.79 Å². The predicted molar refractivity (Wildman–Crippen MR) is 98.4 cm³/mol. The average molecular weight is 356 g/mol. The number of hydrogen-bond donors (Lipinski definition) is 0. The number of nitriles is 1. The summed E-state index contributed by atoms with van der Waals surface area (Å²) in [6.07, 6.45) is 7.53. The van der Waals surface area contributed by atoms with E-state index in [1.165, 1.54) is 39.2 Å². The van der Waals surface area contributed by atoms with E-state index in [1.54, 1.807) is 0 Å². The molecule has 0 bridgehead atoms. The number of methoxy groups -OCH3 is 1. The van der Waals surface area contributed by atoms with Gasteiger partial charge in [0.15, 0.2) is 6.61 Å². The van der Waals surface area contributed by atoms with E-state index in [4.69, 9.17) is 14.7 Å². The largest absolute Gasteiger partial charge is 0.479 e. The fraction of sp³-hybridized carbons (Fsp3) is 0.619. The van der Waals surface area contributed by atoms with Crippen LogP contribution < -0.4 is 4.74 Å². The van der Waals surface area contributed by atoms with Crippen molar-refractivity contribution in [1.29, 1.82) is 5.26 Å². The van der Waals surface area contributed by atoms with Crippen LogP contribution in [0.15, 0.2) is 24.3 Å². The Kier molecular flexibility index (Phi) is 6.51. The molecule has 1 aliphatic heterocycles. The maximum atomic E-state index is 12.3. The van der Waals surface area contributed by atoms with Crippen LogP contribution in [0.2, 0.25) is 0 Å². The molecule has 2 atom stereocenters. The first kappa shape index (κ1) is 18.7. The van der Waals surface area contributed by atoms with Crippen molar-refractivity contribution in [3.63, 3.8) is 0 Å². The maximum Gasteiger partial charge on any atom is 0.323 e. The highest BCUT2D eigenvalue weighted by atomic mass is 16.5. The Morgan fingerprint density at radius 3 is 2.58 bits per heavy atom. The van der Waals surface area contributed by atoms with Crippen molar-refractivity contribution >= 4 is 5.97 Å². The van der Waals surface area contributed by atoms with Gasteiger partial charge in [-0.15, -0.1) is 0 Å². The highest BCUT2D eigenvalue weighted by Crippen LogP contribution is 2.38. The minimum Gasteiger partial charge on any atom is -0.479 e. The Morgan fingerprint density at radius 1 is 1.19 bits per heavy atom. The summed E-state index contributed by atoms with van der Waals surface area (Å²) in [6.45, 7) is 1.76. The number of carbonyl (C=O) groups is 1. The van der Waals surface area contributed by atoms with Crippen molar-refractivity contribution in [1.82, 2.24) is 4.90 Å². The molecular weight excluding hydrogens is 328 g/mol. The van der Waals surface area contributed by atoms with Crippen molar-refractivity contribution in [3.8, 4) is 11.8 Å². The molecule has 1 saturated carbocycles. The number of rotatable bonds is 6. The summed E-state index contributed by atoms with van der Waals surface area (Å²) in [5.74, 6) is 1.93. The highest BCUT2D eigenvalue weighted by molar-refractivity contribution is 5.76. The molecule has 140 valence electrons. The number of nitrogens with zero attached hydrogens (tertiary/aromatic N) is 2. The topological polar surface area (TPSA) is 62.6 Å². The lowest BCUT2D eigenvalue weighted by atomic mass is 9.79. The van der Waals surface area contributed by atoms with E-state index in [0.717, 1.165) is 31.0 Å². The average Bonchev–Trinajstić information content (AvgIpc) is 3.11. The fourth-order valence-corrected chi connectivity index (χ4v) is 4.48. The van der Waals surface area contributed by atoms with Crippen LogP contribution in [-0.4, -0.2) is 37.2 Å². The SMILES string of the molecule is COC(=O)[C@H]1C[C@H](C2CCCCC2)CN1Cc1ccc(OCC#N)cc1. The highest BCUT2D eigenvalue weighted by Gasteiger charge is 2.40. The van der Waals surface area contributed by atoms with Gasteiger partial charge in [0.2, 0.25) is 0 Å². The Hall–Kier alpha value is -2.06. The molecular formula is C21H28N2O3. The third-order valence-electron chi connectivity index (χ3n) is 5.84. The summed E-state index contributed by atoms with van der Waals surface area (Å²) < 4.78 is 10.4. The van der Waals surface area contributed by atoms with Gasteiger partial charge in [0.25, 0.3) is 0 Å². The van der Waals surface area contributed by atoms with Gasteiger partial charge in [0.1, 0.15) is 17.9 Å². The molecule has 0 N–H and O–H groups in total. The Balaban J connectivity index is 1.65. The van der Waals surface area contributed by atoms with Gasteiger partial charge in [0.05, 0.1) is 7.11 Å². The van der Waals surface area contributed by atoms with Crippen molar-refractivity contribution in [2.24, 2.45) is 11.8 Å². The van der Waals surface area contributed by atoms with Gasteiger partial charge in [-0.2, -0.15) is 5.26 Å². The Labute approximate surface area is 155 Å². The second kappa shape index (κ2) is 9.05. The van der Waals surface area contributed by atoms with Crippen LogP contribution in [0.5, 0.6) is 5.75 Å². The van der Waals surface area contributed by atoms with Crippen LogP contribution in [0, 0.1) is 23.2 Å². The van der Waals surface area contributed by atoms with Crippen LogP contribution >= 0.6 is 0 Å². The second-order valence-electron chi connectivity index (χ2n) is 7.45. The van der Waals surface area contributed by atoms with Crippen molar-refractivity contribution in [3.05, 3.63) is 29.8 Å². The normalized spacial score (nSPS) is 24.2. The molecule has 0 unspecified atom stereocenters. The molecule has 1 heterocycles. The zero-order chi connectivity index (χ0) is 18.4. The van der Waals surface area contributed by atoms with Gasteiger partial charge in [-0.25, -0.2) is 0 Å². The van der Waals surface area contributed by atoms with Gasteiger partial charge < -0.3 is 9.47 Å². The monoisotopic (exact) mass is 356 g/mol. The number of esters is 1. The van der Waals surface area contributed by atoms with E-state index >= 15 is 0 Å². The molecule has 1 aliphatic carbocycles.